The second kappa shape index (κ2) is 5.64. The number of ether oxygens (including phenoxy) is 2. The van der Waals surface area contributed by atoms with Crippen molar-refractivity contribution in [3.05, 3.63) is 12.2 Å². The molecule has 1 unspecified atom stereocenters. The number of hydrogen-bond acceptors (Lipinski definition) is 3. The van der Waals surface area contributed by atoms with Crippen LogP contribution in [0.15, 0.2) is 12.2 Å². The molecule has 1 N–H and O–H groups in total. The van der Waals surface area contributed by atoms with Crippen molar-refractivity contribution in [2.75, 3.05) is 13.2 Å². The van der Waals surface area contributed by atoms with Crippen LogP contribution in [0.1, 0.15) is 39.5 Å². The van der Waals surface area contributed by atoms with E-state index >= 15 is 0 Å². The molecule has 1 aliphatic heterocycles. The van der Waals surface area contributed by atoms with E-state index in [4.69, 9.17) is 9.47 Å². The smallest absolute Gasteiger partial charge is 0.165 e. The topological polar surface area (TPSA) is 38.7 Å². The van der Waals surface area contributed by atoms with Crippen LogP contribution in [0.3, 0.4) is 0 Å². The van der Waals surface area contributed by atoms with E-state index in [-0.39, 0.29) is 11.9 Å². The van der Waals surface area contributed by atoms with Crippen LogP contribution in [-0.4, -0.2) is 30.2 Å². The fourth-order valence-corrected chi connectivity index (χ4v) is 1.73. The Balaban J connectivity index is 2.08. The van der Waals surface area contributed by atoms with E-state index in [1.54, 1.807) is 0 Å². The predicted octanol–water partition coefficient (Wildman–Crippen LogP) is 2.25. The van der Waals surface area contributed by atoms with Crippen LogP contribution in [-0.2, 0) is 9.47 Å². The van der Waals surface area contributed by atoms with Crippen LogP contribution in [0.2, 0.25) is 0 Å². The summed E-state index contributed by atoms with van der Waals surface area (Å²) in [6.07, 6.45) is 3.32. The van der Waals surface area contributed by atoms with Gasteiger partial charge in [-0.05, 0) is 26.7 Å². The maximum Gasteiger partial charge on any atom is 0.165 e. The first-order valence-corrected chi connectivity index (χ1v) is 5.65. The quantitative estimate of drug-likeness (QED) is 0.544. The van der Waals surface area contributed by atoms with Gasteiger partial charge in [-0.25, -0.2) is 0 Å². The highest BCUT2D eigenvalue weighted by Crippen LogP contribution is 2.25. The van der Waals surface area contributed by atoms with Gasteiger partial charge < -0.3 is 14.6 Å². The van der Waals surface area contributed by atoms with Gasteiger partial charge in [-0.3, -0.25) is 0 Å². The van der Waals surface area contributed by atoms with Gasteiger partial charge in [-0.15, -0.1) is 0 Å². The molecule has 0 aromatic carbocycles. The molecule has 0 saturated carbocycles. The number of hydrogen-bond donors (Lipinski definition) is 1. The molecule has 0 radical (unpaired) electrons. The van der Waals surface area contributed by atoms with Crippen LogP contribution in [0.4, 0.5) is 0 Å². The number of unbranched alkanes of at least 4 members (excludes halogenated alkanes) is 1. The molecular weight excluding hydrogens is 192 g/mol. The Labute approximate surface area is 92.1 Å². The van der Waals surface area contributed by atoms with Crippen LogP contribution in [0, 0.1) is 0 Å². The maximum atomic E-state index is 9.52. The van der Waals surface area contributed by atoms with E-state index in [0.29, 0.717) is 13.2 Å². The zero-order chi connectivity index (χ0) is 11.3. The van der Waals surface area contributed by atoms with Gasteiger partial charge >= 0.3 is 0 Å². The summed E-state index contributed by atoms with van der Waals surface area (Å²) in [4.78, 5) is 0. The lowest BCUT2D eigenvalue weighted by molar-refractivity contribution is -0.147. The first-order valence-electron chi connectivity index (χ1n) is 5.65. The van der Waals surface area contributed by atoms with Gasteiger partial charge in [-0.2, -0.15) is 0 Å². The van der Waals surface area contributed by atoms with Crippen molar-refractivity contribution in [3.8, 4) is 0 Å². The molecular formula is C12H22O3. The third-order valence-electron chi connectivity index (χ3n) is 2.83. The van der Waals surface area contributed by atoms with Crippen molar-refractivity contribution in [2.24, 2.45) is 0 Å². The minimum Gasteiger partial charge on any atom is -0.389 e. The Kier molecular flexibility index (Phi) is 4.77. The van der Waals surface area contributed by atoms with Crippen LogP contribution in [0.5, 0.6) is 0 Å². The van der Waals surface area contributed by atoms with Crippen molar-refractivity contribution in [2.45, 2.75) is 51.4 Å². The molecule has 88 valence electrons. The molecule has 1 fully saturated rings. The SMILES string of the molecule is C=C(C)C(O)CCCCC1(C)OCCO1. The van der Waals surface area contributed by atoms with E-state index in [1.165, 1.54) is 0 Å². The Hall–Kier alpha value is -0.380. The van der Waals surface area contributed by atoms with Crippen molar-refractivity contribution >= 4 is 0 Å². The number of rotatable bonds is 6. The number of aliphatic hydroxyl groups is 1. The highest BCUT2D eigenvalue weighted by Gasteiger charge is 2.29. The molecule has 0 bridgehead atoms. The summed E-state index contributed by atoms with van der Waals surface area (Å²) in [5, 5.41) is 9.52. The lowest BCUT2D eigenvalue weighted by atomic mass is 10.0. The fourth-order valence-electron chi connectivity index (χ4n) is 1.73. The molecule has 1 aliphatic rings. The van der Waals surface area contributed by atoms with Crippen molar-refractivity contribution < 1.29 is 14.6 Å². The third-order valence-corrected chi connectivity index (χ3v) is 2.83. The van der Waals surface area contributed by atoms with Crippen LogP contribution >= 0.6 is 0 Å². The predicted molar refractivity (Wildman–Crippen MR) is 59.6 cm³/mol. The lowest BCUT2D eigenvalue weighted by Crippen LogP contribution is -2.25. The van der Waals surface area contributed by atoms with E-state index < -0.39 is 0 Å². The maximum absolute atomic E-state index is 9.52. The minimum absolute atomic E-state index is 0.358. The Bertz CT molecular complexity index is 207. The average Bonchev–Trinajstić information content (AvgIpc) is 2.60. The summed E-state index contributed by atoms with van der Waals surface area (Å²) in [5.74, 6) is -0.381. The van der Waals surface area contributed by atoms with Crippen molar-refractivity contribution in [3.63, 3.8) is 0 Å². The van der Waals surface area contributed by atoms with Crippen molar-refractivity contribution in [1.29, 1.82) is 0 Å². The van der Waals surface area contributed by atoms with E-state index in [2.05, 4.69) is 6.58 Å². The zero-order valence-corrected chi connectivity index (χ0v) is 9.79. The summed E-state index contributed by atoms with van der Waals surface area (Å²) in [5.41, 5.74) is 0.842. The molecule has 1 saturated heterocycles. The standard InChI is InChI=1S/C12H22O3/c1-10(2)11(13)6-4-5-7-12(3)14-8-9-15-12/h11,13H,1,4-9H2,2-3H3. The molecule has 3 nitrogen and oxygen atoms in total. The first kappa shape index (κ1) is 12.7. The minimum atomic E-state index is -0.381. The lowest BCUT2D eigenvalue weighted by Gasteiger charge is -2.22. The van der Waals surface area contributed by atoms with Gasteiger partial charge in [0.25, 0.3) is 0 Å². The van der Waals surface area contributed by atoms with Gasteiger partial charge in [0.2, 0.25) is 0 Å². The summed E-state index contributed by atoms with van der Waals surface area (Å²) in [6.45, 7) is 8.96. The monoisotopic (exact) mass is 214 g/mol. The highest BCUT2D eigenvalue weighted by atomic mass is 16.7. The molecule has 1 rings (SSSR count). The first-order chi connectivity index (χ1) is 7.03. The van der Waals surface area contributed by atoms with Crippen LogP contribution < -0.4 is 0 Å². The van der Waals surface area contributed by atoms with E-state index in [1.807, 2.05) is 13.8 Å². The summed E-state index contributed by atoms with van der Waals surface area (Å²) < 4.78 is 11.0. The Morgan fingerprint density at radius 2 is 2.00 bits per heavy atom. The number of aliphatic hydroxyl groups excluding tert-OH is 1. The molecule has 3 heteroatoms. The normalized spacial score (nSPS) is 21.5. The van der Waals surface area contributed by atoms with E-state index in [9.17, 15) is 5.11 Å². The largest absolute Gasteiger partial charge is 0.389 e. The van der Waals surface area contributed by atoms with Crippen molar-refractivity contribution in [1.82, 2.24) is 0 Å². The summed E-state index contributed by atoms with van der Waals surface area (Å²) >= 11 is 0. The molecule has 1 atom stereocenters. The van der Waals surface area contributed by atoms with Gasteiger partial charge in [0, 0.05) is 6.42 Å². The Morgan fingerprint density at radius 3 is 2.53 bits per heavy atom. The van der Waals surface area contributed by atoms with Crippen LogP contribution in [0.25, 0.3) is 0 Å². The summed E-state index contributed by atoms with van der Waals surface area (Å²) in [7, 11) is 0. The third kappa shape index (κ3) is 4.33. The van der Waals surface area contributed by atoms with Gasteiger partial charge in [-0.1, -0.05) is 18.6 Å². The second-order valence-corrected chi connectivity index (χ2v) is 4.44. The molecule has 15 heavy (non-hydrogen) atoms. The molecule has 0 spiro atoms. The fraction of sp³-hybridized carbons (Fsp3) is 0.833. The molecule has 0 aromatic heterocycles. The van der Waals surface area contributed by atoms with E-state index in [0.717, 1.165) is 31.3 Å². The Morgan fingerprint density at radius 1 is 1.40 bits per heavy atom. The molecule has 0 amide bonds. The summed E-state index contributed by atoms with van der Waals surface area (Å²) in [6, 6.07) is 0. The van der Waals surface area contributed by atoms with Gasteiger partial charge in [0.1, 0.15) is 0 Å². The zero-order valence-electron chi connectivity index (χ0n) is 9.79. The van der Waals surface area contributed by atoms with Gasteiger partial charge in [0.15, 0.2) is 5.79 Å². The highest BCUT2D eigenvalue weighted by molar-refractivity contribution is 4.96. The molecule has 0 aromatic rings. The van der Waals surface area contributed by atoms with Gasteiger partial charge in [0.05, 0.1) is 19.3 Å². The second-order valence-electron chi connectivity index (χ2n) is 4.44. The molecule has 0 aliphatic carbocycles. The average molecular weight is 214 g/mol. The molecule has 1 heterocycles.